The Morgan fingerprint density at radius 3 is 2.61 bits per heavy atom. The smallest absolute Gasteiger partial charge is 0.229 e. The Balaban J connectivity index is 1.74. The van der Waals surface area contributed by atoms with Crippen LogP contribution in [0.15, 0.2) is 30.6 Å². The van der Waals surface area contributed by atoms with Crippen molar-refractivity contribution in [1.82, 2.24) is 15.1 Å². The Kier molecular flexibility index (Phi) is 5.56. The van der Waals surface area contributed by atoms with Gasteiger partial charge in [-0.15, -0.1) is 0 Å². The van der Waals surface area contributed by atoms with E-state index >= 15 is 0 Å². The number of amides is 2. The van der Waals surface area contributed by atoms with Gasteiger partial charge in [-0.25, -0.2) is 0 Å². The molecule has 3 N–H and O–H groups in total. The number of aromatic nitrogens is 2. The fourth-order valence-corrected chi connectivity index (χ4v) is 3.31. The summed E-state index contributed by atoms with van der Waals surface area (Å²) in [5.41, 5.74) is 2.92. The molecule has 0 spiro atoms. The first-order chi connectivity index (χ1) is 13.1. The molecule has 150 valence electrons. The van der Waals surface area contributed by atoms with Gasteiger partial charge in [-0.2, -0.15) is 5.10 Å². The molecule has 0 aliphatic carbocycles. The molecule has 1 aromatic heterocycles. The molecular formula is C21H29N5O2. The standard InChI is InChI=1S/C21H29N5O2/c1-13-6-7-15(24-20(28)21(2,3)4)8-18(13)25-19(27)17-11-22-10-16(17)14-9-23-26(5)12-14/h6-9,12,16-17,22H,10-11H2,1-5H3,(H,24,28)(H,25,27)/t16-,17+/m1/s1. The summed E-state index contributed by atoms with van der Waals surface area (Å²) in [5, 5.41) is 13.5. The molecule has 7 nitrogen and oxygen atoms in total. The van der Waals surface area contributed by atoms with E-state index in [0.29, 0.717) is 17.9 Å². The van der Waals surface area contributed by atoms with Crippen LogP contribution < -0.4 is 16.0 Å². The van der Waals surface area contributed by atoms with Gasteiger partial charge in [0.2, 0.25) is 11.8 Å². The summed E-state index contributed by atoms with van der Waals surface area (Å²) in [6, 6.07) is 5.57. The van der Waals surface area contributed by atoms with Crippen LogP contribution in [0.4, 0.5) is 11.4 Å². The third kappa shape index (κ3) is 4.42. The molecule has 28 heavy (non-hydrogen) atoms. The highest BCUT2D eigenvalue weighted by Crippen LogP contribution is 2.30. The summed E-state index contributed by atoms with van der Waals surface area (Å²) >= 11 is 0. The van der Waals surface area contributed by atoms with E-state index in [9.17, 15) is 9.59 Å². The van der Waals surface area contributed by atoms with Crippen molar-refractivity contribution < 1.29 is 9.59 Å². The van der Waals surface area contributed by atoms with Crippen LogP contribution >= 0.6 is 0 Å². The van der Waals surface area contributed by atoms with Crippen molar-refractivity contribution in [2.45, 2.75) is 33.6 Å². The van der Waals surface area contributed by atoms with Crippen molar-refractivity contribution in [3.05, 3.63) is 41.7 Å². The van der Waals surface area contributed by atoms with E-state index in [4.69, 9.17) is 0 Å². The van der Waals surface area contributed by atoms with Gasteiger partial charge in [0.05, 0.1) is 12.1 Å². The summed E-state index contributed by atoms with van der Waals surface area (Å²) in [7, 11) is 1.88. The second-order valence-corrected chi connectivity index (χ2v) is 8.54. The van der Waals surface area contributed by atoms with Crippen molar-refractivity contribution in [2.75, 3.05) is 23.7 Å². The maximum absolute atomic E-state index is 13.0. The van der Waals surface area contributed by atoms with Gasteiger partial charge in [0, 0.05) is 49.0 Å². The average Bonchev–Trinajstić information content (AvgIpc) is 3.25. The number of nitrogens with zero attached hydrogens (tertiary/aromatic N) is 2. The zero-order valence-electron chi connectivity index (χ0n) is 17.2. The first-order valence-electron chi connectivity index (χ1n) is 9.57. The number of nitrogens with one attached hydrogen (secondary N) is 3. The minimum Gasteiger partial charge on any atom is -0.326 e. The van der Waals surface area contributed by atoms with Gasteiger partial charge >= 0.3 is 0 Å². The van der Waals surface area contributed by atoms with Gasteiger partial charge in [0.25, 0.3) is 0 Å². The lowest BCUT2D eigenvalue weighted by Crippen LogP contribution is -2.29. The minimum atomic E-state index is -0.485. The fourth-order valence-electron chi connectivity index (χ4n) is 3.31. The first-order valence-corrected chi connectivity index (χ1v) is 9.57. The maximum atomic E-state index is 13.0. The van der Waals surface area contributed by atoms with Crippen LogP contribution in [0.2, 0.25) is 0 Å². The van der Waals surface area contributed by atoms with Crippen LogP contribution in [0, 0.1) is 18.3 Å². The number of hydrogen-bond donors (Lipinski definition) is 3. The Labute approximate surface area is 165 Å². The molecule has 2 atom stereocenters. The number of carbonyl (C=O) groups is 2. The number of carbonyl (C=O) groups excluding carboxylic acids is 2. The minimum absolute atomic E-state index is 0.0266. The van der Waals surface area contributed by atoms with E-state index < -0.39 is 5.41 Å². The summed E-state index contributed by atoms with van der Waals surface area (Å²) < 4.78 is 1.76. The summed E-state index contributed by atoms with van der Waals surface area (Å²) in [4.78, 5) is 25.2. The van der Waals surface area contributed by atoms with Crippen LogP contribution in [0.3, 0.4) is 0 Å². The molecule has 1 aromatic carbocycles. The van der Waals surface area contributed by atoms with Crippen LogP contribution in [0.5, 0.6) is 0 Å². The molecule has 1 saturated heterocycles. The molecule has 2 aromatic rings. The highest BCUT2D eigenvalue weighted by molar-refractivity contribution is 5.97. The van der Waals surface area contributed by atoms with E-state index in [1.54, 1.807) is 4.68 Å². The lowest BCUT2D eigenvalue weighted by Gasteiger charge is -2.20. The largest absolute Gasteiger partial charge is 0.326 e. The van der Waals surface area contributed by atoms with Crippen molar-refractivity contribution in [3.63, 3.8) is 0 Å². The molecule has 1 aliphatic rings. The van der Waals surface area contributed by atoms with Gasteiger partial charge in [-0.3, -0.25) is 14.3 Å². The lowest BCUT2D eigenvalue weighted by molar-refractivity contribution is -0.123. The molecule has 1 aliphatic heterocycles. The second kappa shape index (κ2) is 7.75. The van der Waals surface area contributed by atoms with Crippen LogP contribution in [0.25, 0.3) is 0 Å². The van der Waals surface area contributed by atoms with Gasteiger partial charge in [-0.05, 0) is 30.2 Å². The molecule has 0 saturated carbocycles. The van der Waals surface area contributed by atoms with Crippen molar-refractivity contribution in [2.24, 2.45) is 18.4 Å². The molecule has 0 bridgehead atoms. The lowest BCUT2D eigenvalue weighted by atomic mass is 9.90. The quantitative estimate of drug-likeness (QED) is 0.757. The third-order valence-corrected chi connectivity index (χ3v) is 5.14. The van der Waals surface area contributed by atoms with Crippen LogP contribution in [0.1, 0.15) is 37.8 Å². The molecule has 1 fully saturated rings. The highest BCUT2D eigenvalue weighted by atomic mass is 16.2. The summed E-state index contributed by atoms with van der Waals surface area (Å²) in [6.45, 7) is 8.92. The Bertz CT molecular complexity index is 881. The molecule has 0 radical (unpaired) electrons. The molecule has 2 amide bonds. The second-order valence-electron chi connectivity index (χ2n) is 8.54. The Morgan fingerprint density at radius 2 is 1.96 bits per heavy atom. The van der Waals surface area contributed by atoms with Crippen molar-refractivity contribution >= 4 is 23.2 Å². The fraction of sp³-hybridized carbons (Fsp3) is 0.476. The molecular weight excluding hydrogens is 354 g/mol. The number of rotatable bonds is 4. The van der Waals surface area contributed by atoms with E-state index in [-0.39, 0.29) is 23.7 Å². The van der Waals surface area contributed by atoms with Crippen LogP contribution in [-0.4, -0.2) is 34.7 Å². The van der Waals surface area contributed by atoms with Gasteiger partial charge < -0.3 is 16.0 Å². The first kappa shape index (κ1) is 20.1. The zero-order valence-corrected chi connectivity index (χ0v) is 17.2. The van der Waals surface area contributed by atoms with E-state index in [1.165, 1.54) is 0 Å². The summed E-state index contributed by atoms with van der Waals surface area (Å²) in [6.07, 6.45) is 3.79. The monoisotopic (exact) mass is 383 g/mol. The Hall–Kier alpha value is -2.67. The molecule has 7 heteroatoms. The van der Waals surface area contributed by atoms with E-state index in [2.05, 4.69) is 21.0 Å². The highest BCUT2D eigenvalue weighted by Gasteiger charge is 2.35. The molecule has 0 unspecified atom stereocenters. The van der Waals surface area contributed by atoms with Crippen molar-refractivity contribution in [3.8, 4) is 0 Å². The topological polar surface area (TPSA) is 88.1 Å². The molecule has 2 heterocycles. The van der Waals surface area contributed by atoms with Gasteiger partial charge in [-0.1, -0.05) is 26.8 Å². The van der Waals surface area contributed by atoms with Crippen molar-refractivity contribution in [1.29, 1.82) is 0 Å². The predicted octanol–water partition coefficient (Wildman–Crippen LogP) is 2.65. The zero-order chi connectivity index (χ0) is 20.5. The number of anilines is 2. The molecule has 3 rings (SSSR count). The number of benzene rings is 1. The van der Waals surface area contributed by atoms with E-state index in [1.807, 2.05) is 65.3 Å². The average molecular weight is 383 g/mol. The number of hydrogen-bond acceptors (Lipinski definition) is 4. The number of aryl methyl sites for hydroxylation is 2. The normalized spacial score (nSPS) is 19.5. The predicted molar refractivity (Wildman–Crippen MR) is 110 cm³/mol. The summed E-state index contributed by atoms with van der Waals surface area (Å²) in [5.74, 6) is -0.166. The third-order valence-electron chi connectivity index (χ3n) is 5.14. The van der Waals surface area contributed by atoms with Gasteiger partial charge in [0.1, 0.15) is 0 Å². The SMILES string of the molecule is Cc1ccc(NC(=O)C(C)(C)C)cc1NC(=O)[C@H]1CNC[C@@H]1c1cnn(C)c1. The van der Waals surface area contributed by atoms with Gasteiger partial charge in [0.15, 0.2) is 0 Å². The maximum Gasteiger partial charge on any atom is 0.229 e. The Morgan fingerprint density at radius 1 is 1.21 bits per heavy atom. The van der Waals surface area contributed by atoms with Crippen LogP contribution in [-0.2, 0) is 16.6 Å². The van der Waals surface area contributed by atoms with E-state index in [0.717, 1.165) is 17.7 Å².